The van der Waals surface area contributed by atoms with Crippen LogP contribution < -0.4 is 0 Å². The molecule has 2 aliphatic heterocycles. The van der Waals surface area contributed by atoms with Crippen molar-refractivity contribution in [2.75, 3.05) is 0 Å². The van der Waals surface area contributed by atoms with Crippen molar-refractivity contribution in [1.29, 1.82) is 0 Å². The first-order valence-corrected chi connectivity index (χ1v) is 6.78. The highest BCUT2D eigenvalue weighted by Gasteiger charge is 2.68. The Morgan fingerprint density at radius 1 is 1.44 bits per heavy atom. The quantitative estimate of drug-likeness (QED) is 0.285. The van der Waals surface area contributed by atoms with Crippen molar-refractivity contribution in [2.24, 2.45) is 11.8 Å². The van der Waals surface area contributed by atoms with Crippen molar-refractivity contribution in [3.63, 3.8) is 0 Å². The number of hydrogen-bond acceptors (Lipinski definition) is 3. The summed E-state index contributed by atoms with van der Waals surface area (Å²) in [5.74, 6) is 0.254. The fourth-order valence-corrected chi connectivity index (χ4v) is 4.23. The summed E-state index contributed by atoms with van der Waals surface area (Å²) in [5, 5.41) is 0. The second-order valence-corrected chi connectivity index (χ2v) is 6.32. The first-order valence-electron chi connectivity index (χ1n) is 6.78. The highest BCUT2D eigenvalue weighted by Crippen LogP contribution is 2.61. The van der Waals surface area contributed by atoms with Gasteiger partial charge in [0.1, 0.15) is 11.7 Å². The molecular weight excluding hydrogens is 228 g/mol. The van der Waals surface area contributed by atoms with Gasteiger partial charge in [0.15, 0.2) is 0 Å². The summed E-state index contributed by atoms with van der Waals surface area (Å²) in [6.45, 7) is 8.32. The number of fused-ring (bicyclic) bond motifs is 5. The maximum absolute atomic E-state index is 11.8. The molecule has 1 saturated carbocycles. The van der Waals surface area contributed by atoms with Crippen molar-refractivity contribution in [1.82, 2.24) is 0 Å². The zero-order chi connectivity index (χ0) is 12.7. The van der Waals surface area contributed by atoms with E-state index in [4.69, 9.17) is 9.47 Å². The van der Waals surface area contributed by atoms with Gasteiger partial charge in [-0.05, 0) is 33.1 Å². The molecule has 2 aliphatic carbocycles. The number of rotatable bonds is 0. The van der Waals surface area contributed by atoms with E-state index in [2.05, 4.69) is 20.4 Å². The number of hydrogen-bond donors (Lipinski definition) is 0. The minimum Gasteiger partial charge on any atom is -0.458 e. The third-order valence-corrected chi connectivity index (χ3v) is 5.43. The summed E-state index contributed by atoms with van der Waals surface area (Å²) in [4.78, 5) is 11.8. The molecule has 0 aromatic carbocycles. The molecule has 0 amide bonds. The lowest BCUT2D eigenvalue weighted by Gasteiger charge is -2.27. The Bertz CT molecular complexity index is 504. The molecule has 0 aromatic heterocycles. The zero-order valence-corrected chi connectivity index (χ0v) is 10.9. The second-order valence-electron chi connectivity index (χ2n) is 6.32. The zero-order valence-electron chi connectivity index (χ0n) is 10.9. The van der Waals surface area contributed by atoms with Crippen LogP contribution >= 0.6 is 0 Å². The SMILES string of the molecule is C=C1C(=O)OC2[C@H]1CCC(C)=C1C[C@H]3O[C@@]3(C)[C@@H]12. The van der Waals surface area contributed by atoms with Crippen molar-refractivity contribution in [3.05, 3.63) is 23.3 Å². The van der Waals surface area contributed by atoms with Crippen molar-refractivity contribution in [3.8, 4) is 0 Å². The van der Waals surface area contributed by atoms with Crippen LogP contribution in [0.5, 0.6) is 0 Å². The largest absolute Gasteiger partial charge is 0.458 e. The maximum atomic E-state index is 11.8. The van der Waals surface area contributed by atoms with Crippen LogP contribution in [-0.2, 0) is 14.3 Å². The van der Waals surface area contributed by atoms with Gasteiger partial charge in [-0.3, -0.25) is 0 Å². The van der Waals surface area contributed by atoms with Crippen molar-refractivity contribution in [2.45, 2.75) is 50.9 Å². The number of ether oxygens (including phenoxy) is 2. The third kappa shape index (κ3) is 1.11. The average Bonchev–Trinajstić information content (AvgIpc) is 2.82. The monoisotopic (exact) mass is 246 g/mol. The topological polar surface area (TPSA) is 38.8 Å². The smallest absolute Gasteiger partial charge is 0.334 e. The van der Waals surface area contributed by atoms with Crippen LogP contribution in [0, 0.1) is 11.8 Å². The number of carbonyl (C=O) groups is 1. The Labute approximate surface area is 107 Å². The molecular formula is C15H18O3. The molecule has 0 N–H and O–H groups in total. The Kier molecular flexibility index (Phi) is 1.85. The van der Waals surface area contributed by atoms with Gasteiger partial charge in [0.05, 0.1) is 6.10 Å². The Hall–Kier alpha value is -1.09. The van der Waals surface area contributed by atoms with Gasteiger partial charge in [0.2, 0.25) is 0 Å². The molecule has 0 aromatic rings. The van der Waals surface area contributed by atoms with E-state index < -0.39 is 0 Å². The molecule has 0 bridgehead atoms. The number of esters is 1. The van der Waals surface area contributed by atoms with E-state index in [1.807, 2.05) is 0 Å². The Morgan fingerprint density at radius 2 is 2.22 bits per heavy atom. The van der Waals surface area contributed by atoms with E-state index >= 15 is 0 Å². The van der Waals surface area contributed by atoms with E-state index in [-0.39, 0.29) is 29.5 Å². The van der Waals surface area contributed by atoms with Gasteiger partial charge in [-0.1, -0.05) is 17.7 Å². The van der Waals surface area contributed by atoms with Gasteiger partial charge < -0.3 is 9.47 Å². The fraction of sp³-hybridized carbons (Fsp3) is 0.667. The van der Waals surface area contributed by atoms with Crippen molar-refractivity contribution < 1.29 is 14.3 Å². The van der Waals surface area contributed by atoms with Crippen LogP contribution in [0.2, 0.25) is 0 Å². The van der Waals surface area contributed by atoms with E-state index in [1.165, 1.54) is 11.1 Å². The van der Waals surface area contributed by atoms with Gasteiger partial charge in [-0.15, -0.1) is 0 Å². The van der Waals surface area contributed by atoms with Crippen molar-refractivity contribution >= 4 is 5.97 Å². The lowest BCUT2D eigenvalue weighted by Crippen LogP contribution is -2.34. The van der Waals surface area contributed by atoms with Gasteiger partial charge >= 0.3 is 5.97 Å². The molecule has 0 spiro atoms. The van der Waals surface area contributed by atoms with E-state index in [0.717, 1.165) is 19.3 Å². The summed E-state index contributed by atoms with van der Waals surface area (Å²) in [6, 6.07) is 0. The number of carbonyl (C=O) groups excluding carboxylic acids is 1. The van der Waals surface area contributed by atoms with Crippen LogP contribution in [0.3, 0.4) is 0 Å². The lowest BCUT2D eigenvalue weighted by atomic mass is 9.81. The molecule has 4 rings (SSSR count). The number of epoxide rings is 1. The van der Waals surface area contributed by atoms with E-state index in [1.54, 1.807) is 0 Å². The molecule has 3 nitrogen and oxygen atoms in total. The minimum atomic E-state index is -0.198. The van der Waals surface area contributed by atoms with Crippen LogP contribution in [0.4, 0.5) is 0 Å². The highest BCUT2D eigenvalue weighted by molar-refractivity contribution is 5.91. The molecule has 18 heavy (non-hydrogen) atoms. The predicted molar refractivity (Wildman–Crippen MR) is 65.8 cm³/mol. The molecule has 3 heteroatoms. The predicted octanol–water partition coefficient (Wildman–Crippen LogP) is 2.37. The second kappa shape index (κ2) is 3.08. The molecule has 4 aliphatic rings. The van der Waals surface area contributed by atoms with Crippen LogP contribution in [0.25, 0.3) is 0 Å². The Morgan fingerprint density at radius 3 is 3.00 bits per heavy atom. The highest BCUT2D eigenvalue weighted by atomic mass is 16.6. The van der Waals surface area contributed by atoms with Gasteiger partial charge in [-0.2, -0.15) is 0 Å². The molecule has 3 fully saturated rings. The summed E-state index contributed by atoms with van der Waals surface area (Å²) < 4.78 is 11.5. The first kappa shape index (κ1) is 10.8. The van der Waals surface area contributed by atoms with E-state index in [9.17, 15) is 4.79 Å². The van der Waals surface area contributed by atoms with Crippen LogP contribution in [0.15, 0.2) is 23.3 Å². The summed E-state index contributed by atoms with van der Waals surface area (Å²) in [5.41, 5.74) is 3.55. The standard InChI is InChI=1S/C15H18O3/c1-7-4-5-9-8(2)14(16)17-13(9)12-10(7)6-11-15(12,3)18-11/h9,11-13H,2,4-6H2,1,3H3/t9-,11+,12-,13?,15+/m0/s1. The molecule has 1 unspecified atom stereocenters. The van der Waals surface area contributed by atoms with Gasteiger partial charge in [-0.25, -0.2) is 4.79 Å². The fourth-order valence-electron chi connectivity index (χ4n) is 4.23. The van der Waals surface area contributed by atoms with Crippen LogP contribution in [-0.4, -0.2) is 23.8 Å². The third-order valence-electron chi connectivity index (χ3n) is 5.43. The molecule has 2 saturated heterocycles. The van der Waals surface area contributed by atoms with Crippen LogP contribution in [0.1, 0.15) is 33.1 Å². The maximum Gasteiger partial charge on any atom is 0.334 e. The summed E-state index contributed by atoms with van der Waals surface area (Å²) in [6.07, 6.45) is 3.39. The van der Waals surface area contributed by atoms with Gasteiger partial charge in [0, 0.05) is 17.4 Å². The molecule has 0 radical (unpaired) electrons. The lowest BCUT2D eigenvalue weighted by molar-refractivity contribution is -0.141. The van der Waals surface area contributed by atoms with Gasteiger partial charge in [0.25, 0.3) is 0 Å². The molecule has 5 atom stereocenters. The first-order chi connectivity index (χ1) is 8.52. The minimum absolute atomic E-state index is 0.0325. The normalized spacial score (nSPS) is 49.4. The average molecular weight is 246 g/mol. The summed E-state index contributed by atoms with van der Waals surface area (Å²) >= 11 is 0. The Balaban J connectivity index is 1.81. The number of allylic oxidation sites excluding steroid dienone is 1. The summed E-state index contributed by atoms with van der Waals surface area (Å²) in [7, 11) is 0. The molecule has 96 valence electrons. The molecule has 2 heterocycles. The van der Waals surface area contributed by atoms with E-state index in [0.29, 0.717) is 11.7 Å².